The highest BCUT2D eigenvalue weighted by molar-refractivity contribution is 7.93. The maximum atomic E-state index is 13.4. The molecule has 1 atom stereocenters. The van der Waals surface area contributed by atoms with Gasteiger partial charge < -0.3 is 19.6 Å². The van der Waals surface area contributed by atoms with Crippen molar-refractivity contribution in [2.45, 2.75) is 43.7 Å². The summed E-state index contributed by atoms with van der Waals surface area (Å²) < 4.78 is 32.5. The molecule has 0 bridgehead atoms. The Balaban J connectivity index is 1.92. The average molecular weight is 518 g/mol. The third-order valence-electron chi connectivity index (χ3n) is 4.84. The number of thiazole rings is 1. The average Bonchev–Trinajstić information content (AvgIpc) is 3.38. The molecule has 3 rings (SSSR count). The third-order valence-corrected chi connectivity index (χ3v) is 7.33. The molecule has 180 valence electrons. The van der Waals surface area contributed by atoms with Gasteiger partial charge in [-0.05, 0) is 33.3 Å². The molecule has 1 N–H and O–H groups in total. The summed E-state index contributed by atoms with van der Waals surface area (Å²) in [7, 11) is -2.74. The van der Waals surface area contributed by atoms with Crippen molar-refractivity contribution in [3.8, 4) is 0 Å². The molecule has 33 heavy (non-hydrogen) atoms. The lowest BCUT2D eigenvalue weighted by atomic mass is 10.2. The summed E-state index contributed by atoms with van der Waals surface area (Å²) in [5.74, 6) is 0.191. The molecule has 2 amide bonds. The minimum atomic E-state index is -4.45. The first-order valence-electron chi connectivity index (χ1n) is 9.84. The minimum absolute atomic E-state index is 0.0368. The van der Waals surface area contributed by atoms with Crippen molar-refractivity contribution in [1.82, 2.24) is 14.9 Å². The van der Waals surface area contributed by atoms with Crippen LogP contribution in [-0.4, -0.2) is 72.4 Å². The summed E-state index contributed by atoms with van der Waals surface area (Å²) in [5, 5.41) is 10.6. The number of rotatable bonds is 5. The Labute approximate surface area is 200 Å². The van der Waals surface area contributed by atoms with E-state index in [1.807, 2.05) is 0 Å². The SMILES string of the molecule is CN(c1ncc(S(=O)(=O)N(C(=O)OC(C)(C)C)c2cscn2)cc1Cl)C1CCN(C(=O)O)C1. The fourth-order valence-electron chi connectivity index (χ4n) is 3.25. The van der Waals surface area contributed by atoms with E-state index in [1.165, 1.54) is 21.9 Å². The van der Waals surface area contributed by atoms with E-state index < -0.39 is 27.8 Å². The van der Waals surface area contributed by atoms with Gasteiger partial charge in [0.1, 0.15) is 16.3 Å². The van der Waals surface area contributed by atoms with Gasteiger partial charge in [-0.15, -0.1) is 15.6 Å². The summed E-state index contributed by atoms with van der Waals surface area (Å²) >= 11 is 7.50. The molecule has 0 saturated carbocycles. The van der Waals surface area contributed by atoms with E-state index in [2.05, 4.69) is 9.97 Å². The topological polar surface area (TPSA) is 133 Å². The number of halogens is 1. The predicted molar refractivity (Wildman–Crippen MR) is 124 cm³/mol. The summed E-state index contributed by atoms with van der Waals surface area (Å²) in [6, 6.07) is 1.03. The molecular formula is C19H24ClN5O6S2. The molecule has 3 heterocycles. The van der Waals surface area contributed by atoms with E-state index in [4.69, 9.17) is 21.4 Å². The summed E-state index contributed by atoms with van der Waals surface area (Å²) in [4.78, 5) is 34.8. The van der Waals surface area contributed by atoms with Gasteiger partial charge in [-0.2, -0.15) is 0 Å². The lowest BCUT2D eigenvalue weighted by Crippen LogP contribution is -2.41. The number of hydrogen-bond donors (Lipinski definition) is 1. The molecule has 11 nitrogen and oxygen atoms in total. The number of carboxylic acid groups (broad SMARTS) is 1. The molecule has 0 aliphatic carbocycles. The first-order valence-corrected chi connectivity index (χ1v) is 12.6. The minimum Gasteiger partial charge on any atom is -0.465 e. The molecule has 1 aliphatic rings. The normalized spacial score (nSPS) is 16.5. The maximum Gasteiger partial charge on any atom is 0.430 e. The number of ether oxygens (including phenoxy) is 1. The van der Waals surface area contributed by atoms with E-state index in [-0.39, 0.29) is 28.3 Å². The molecule has 2 aromatic rings. The third kappa shape index (κ3) is 5.47. The van der Waals surface area contributed by atoms with Crippen LogP contribution in [0.15, 0.2) is 28.0 Å². The second-order valence-corrected chi connectivity index (χ2v) is 11.3. The summed E-state index contributed by atoms with van der Waals surface area (Å²) in [5.41, 5.74) is 0.460. The van der Waals surface area contributed by atoms with Crippen molar-refractivity contribution >= 4 is 56.8 Å². The summed E-state index contributed by atoms with van der Waals surface area (Å²) in [6.07, 6.45) is -0.432. The van der Waals surface area contributed by atoms with Crippen LogP contribution in [0.25, 0.3) is 0 Å². The van der Waals surface area contributed by atoms with Gasteiger partial charge in [0.05, 0.1) is 10.5 Å². The van der Waals surface area contributed by atoms with Gasteiger partial charge in [0.25, 0.3) is 10.0 Å². The highest BCUT2D eigenvalue weighted by atomic mass is 35.5. The van der Waals surface area contributed by atoms with Crippen molar-refractivity contribution in [2.24, 2.45) is 0 Å². The van der Waals surface area contributed by atoms with E-state index in [0.29, 0.717) is 23.1 Å². The zero-order valence-corrected chi connectivity index (χ0v) is 20.8. The number of carbonyl (C=O) groups is 2. The van der Waals surface area contributed by atoms with Gasteiger partial charge in [0.2, 0.25) is 0 Å². The van der Waals surface area contributed by atoms with E-state index in [9.17, 15) is 18.0 Å². The van der Waals surface area contributed by atoms with Crippen LogP contribution < -0.4 is 9.21 Å². The van der Waals surface area contributed by atoms with Gasteiger partial charge in [0, 0.05) is 37.8 Å². The number of pyridine rings is 1. The zero-order chi connectivity index (χ0) is 24.6. The largest absolute Gasteiger partial charge is 0.465 e. The molecule has 0 aromatic carbocycles. The van der Waals surface area contributed by atoms with Crippen LogP contribution in [0.4, 0.5) is 21.2 Å². The standard InChI is InChI=1S/C19H24ClN5O6S2/c1-19(2,3)31-18(28)25(15-10-32-11-22-15)33(29,30)13-7-14(20)16(21-8-13)23(4)12-5-6-24(9-12)17(26)27/h7-8,10-12H,5-6,9H2,1-4H3,(H,26,27). The molecule has 1 unspecified atom stereocenters. The second-order valence-electron chi connectivity index (χ2n) is 8.35. The van der Waals surface area contributed by atoms with Crippen molar-refractivity contribution in [1.29, 1.82) is 0 Å². The van der Waals surface area contributed by atoms with E-state index >= 15 is 0 Å². The Hall–Kier alpha value is -2.64. The monoisotopic (exact) mass is 517 g/mol. The molecule has 1 saturated heterocycles. The van der Waals surface area contributed by atoms with Crippen molar-refractivity contribution in [3.63, 3.8) is 0 Å². The molecule has 14 heteroatoms. The summed E-state index contributed by atoms with van der Waals surface area (Å²) in [6.45, 7) is 5.52. The lowest BCUT2D eigenvalue weighted by Gasteiger charge is -2.27. The highest BCUT2D eigenvalue weighted by Crippen LogP contribution is 2.31. The number of anilines is 2. The van der Waals surface area contributed by atoms with Crippen LogP contribution in [0.1, 0.15) is 27.2 Å². The van der Waals surface area contributed by atoms with E-state index in [1.54, 1.807) is 32.7 Å². The molecule has 0 radical (unpaired) electrons. The lowest BCUT2D eigenvalue weighted by molar-refractivity contribution is 0.0608. The zero-order valence-electron chi connectivity index (χ0n) is 18.4. The van der Waals surface area contributed by atoms with Crippen LogP contribution in [-0.2, 0) is 14.8 Å². The molecule has 1 fully saturated rings. The Morgan fingerprint density at radius 3 is 2.55 bits per heavy atom. The number of sulfonamides is 1. The van der Waals surface area contributed by atoms with Crippen molar-refractivity contribution < 1.29 is 27.9 Å². The van der Waals surface area contributed by atoms with Gasteiger partial charge in [-0.3, -0.25) is 0 Å². The highest BCUT2D eigenvalue weighted by Gasteiger charge is 2.37. The Kier molecular flexibility index (Phi) is 7.05. The van der Waals surface area contributed by atoms with Crippen LogP contribution in [0.2, 0.25) is 5.02 Å². The molecule has 0 spiro atoms. The van der Waals surface area contributed by atoms with Crippen LogP contribution in [0.5, 0.6) is 0 Å². The number of nitrogens with zero attached hydrogens (tertiary/aromatic N) is 5. The Morgan fingerprint density at radius 2 is 2.03 bits per heavy atom. The molecule has 2 aromatic heterocycles. The Bertz CT molecular complexity index is 1140. The smallest absolute Gasteiger partial charge is 0.430 e. The molecular weight excluding hydrogens is 494 g/mol. The number of likely N-dealkylation sites (tertiary alicyclic amines) is 1. The second kappa shape index (κ2) is 9.31. The van der Waals surface area contributed by atoms with Gasteiger partial charge in [-0.1, -0.05) is 11.6 Å². The van der Waals surface area contributed by atoms with Crippen LogP contribution in [0, 0.1) is 0 Å². The number of hydrogen-bond acceptors (Lipinski definition) is 9. The van der Waals surface area contributed by atoms with Gasteiger partial charge in [-0.25, -0.2) is 28.0 Å². The maximum absolute atomic E-state index is 13.4. The van der Waals surface area contributed by atoms with Crippen LogP contribution >= 0.6 is 22.9 Å². The van der Waals surface area contributed by atoms with Gasteiger partial charge >= 0.3 is 12.2 Å². The van der Waals surface area contributed by atoms with Crippen molar-refractivity contribution in [2.75, 3.05) is 29.3 Å². The molecule has 1 aliphatic heterocycles. The van der Waals surface area contributed by atoms with Gasteiger partial charge in [0.15, 0.2) is 5.82 Å². The Morgan fingerprint density at radius 1 is 1.33 bits per heavy atom. The quantitative estimate of drug-likeness (QED) is 0.632. The number of likely N-dealkylation sites (N-methyl/N-ethyl adjacent to an activating group) is 1. The fourth-order valence-corrected chi connectivity index (χ4v) is 5.44. The number of aromatic nitrogens is 2. The van der Waals surface area contributed by atoms with Crippen molar-refractivity contribution in [3.05, 3.63) is 28.2 Å². The first-order chi connectivity index (χ1) is 15.3. The first kappa shape index (κ1) is 25.0. The van der Waals surface area contributed by atoms with E-state index in [0.717, 1.165) is 17.5 Å². The predicted octanol–water partition coefficient (Wildman–Crippen LogP) is 3.51. The number of amides is 2. The number of carbonyl (C=O) groups excluding carboxylic acids is 1. The fraction of sp³-hybridized carbons (Fsp3) is 0.474. The van der Waals surface area contributed by atoms with Crippen LogP contribution in [0.3, 0.4) is 0 Å².